The Morgan fingerprint density at radius 3 is 2.67 bits per heavy atom. The molecule has 0 spiro atoms. The van der Waals surface area contributed by atoms with Crippen molar-refractivity contribution in [1.29, 1.82) is 0 Å². The normalized spacial score (nSPS) is 16.1. The summed E-state index contributed by atoms with van der Waals surface area (Å²) in [5.74, 6) is 0. The van der Waals surface area contributed by atoms with Crippen LogP contribution in [0.5, 0.6) is 0 Å². The Balaban J connectivity index is 1.74. The number of nitrogens with zero attached hydrogens (tertiary/aromatic N) is 3. The third kappa shape index (κ3) is 4.33. The van der Waals surface area contributed by atoms with Crippen LogP contribution in [0.25, 0.3) is 0 Å². The van der Waals surface area contributed by atoms with Crippen LogP contribution in [0.4, 0.5) is 9.80 Å². The van der Waals surface area contributed by atoms with Crippen LogP contribution in [0.15, 0.2) is 36.4 Å². The fourth-order valence-corrected chi connectivity index (χ4v) is 3.70. The highest BCUT2D eigenvalue weighted by Crippen LogP contribution is 2.22. The molecule has 2 aromatic rings. The van der Waals surface area contributed by atoms with Crippen molar-refractivity contribution < 1.29 is 4.79 Å². The van der Waals surface area contributed by atoms with Gasteiger partial charge in [-0.2, -0.15) is 4.37 Å². The second-order valence-corrected chi connectivity index (χ2v) is 7.22. The van der Waals surface area contributed by atoms with Crippen LogP contribution >= 0.6 is 11.5 Å². The molecular formula is C18H24N4OS. The highest BCUT2D eigenvalue weighted by Gasteiger charge is 2.27. The van der Waals surface area contributed by atoms with Crippen LogP contribution in [-0.2, 0) is 6.54 Å². The summed E-state index contributed by atoms with van der Waals surface area (Å²) in [5.41, 5.74) is 2.09. The third-order valence-corrected chi connectivity index (χ3v) is 5.24. The summed E-state index contributed by atoms with van der Waals surface area (Å²) >= 11 is 1.33. The predicted molar refractivity (Wildman–Crippen MR) is 98.4 cm³/mol. The maximum Gasteiger partial charge on any atom is 0.323 e. The van der Waals surface area contributed by atoms with Crippen LogP contribution < -0.4 is 5.32 Å². The molecule has 1 aromatic heterocycles. The summed E-state index contributed by atoms with van der Waals surface area (Å²) in [6, 6.07) is 12.4. The predicted octanol–water partition coefficient (Wildman–Crippen LogP) is 3.58. The molecular weight excluding hydrogens is 320 g/mol. The maximum absolute atomic E-state index is 12.9. The average molecular weight is 344 g/mol. The molecule has 0 bridgehead atoms. The number of piperidine rings is 1. The Labute approximate surface area is 147 Å². The van der Waals surface area contributed by atoms with Gasteiger partial charge in [0.2, 0.25) is 0 Å². The van der Waals surface area contributed by atoms with Crippen molar-refractivity contribution in [2.24, 2.45) is 0 Å². The van der Waals surface area contributed by atoms with Crippen molar-refractivity contribution in [2.45, 2.75) is 32.4 Å². The number of carbonyl (C=O) groups is 1. The van der Waals surface area contributed by atoms with Crippen molar-refractivity contribution in [3.05, 3.63) is 47.7 Å². The van der Waals surface area contributed by atoms with E-state index in [1.54, 1.807) is 0 Å². The van der Waals surface area contributed by atoms with Gasteiger partial charge in [-0.1, -0.05) is 30.3 Å². The minimum Gasteiger partial charge on any atom is -0.317 e. The largest absolute Gasteiger partial charge is 0.323 e. The number of hydrogen-bond donors (Lipinski definition) is 1. The van der Waals surface area contributed by atoms with Crippen molar-refractivity contribution in [2.75, 3.05) is 25.5 Å². The van der Waals surface area contributed by atoms with Gasteiger partial charge < -0.3 is 9.80 Å². The highest BCUT2D eigenvalue weighted by molar-refractivity contribution is 7.10. The Morgan fingerprint density at radius 1 is 1.33 bits per heavy atom. The molecule has 24 heavy (non-hydrogen) atoms. The number of aryl methyl sites for hydroxylation is 1. The molecule has 1 fully saturated rings. The molecule has 2 heterocycles. The zero-order valence-corrected chi connectivity index (χ0v) is 15.1. The van der Waals surface area contributed by atoms with Gasteiger partial charge in [0.25, 0.3) is 0 Å². The van der Waals surface area contributed by atoms with E-state index in [9.17, 15) is 4.79 Å². The number of benzene rings is 1. The van der Waals surface area contributed by atoms with E-state index in [4.69, 9.17) is 0 Å². The molecule has 2 amide bonds. The molecule has 0 unspecified atom stereocenters. The lowest BCUT2D eigenvalue weighted by Crippen LogP contribution is -2.47. The van der Waals surface area contributed by atoms with Gasteiger partial charge >= 0.3 is 6.03 Å². The monoisotopic (exact) mass is 344 g/mol. The molecule has 5 nitrogen and oxygen atoms in total. The van der Waals surface area contributed by atoms with Gasteiger partial charge in [0.1, 0.15) is 5.00 Å². The first-order valence-electron chi connectivity index (χ1n) is 8.35. The smallest absolute Gasteiger partial charge is 0.317 e. The molecule has 1 saturated heterocycles. The van der Waals surface area contributed by atoms with Crippen molar-refractivity contribution in [3.63, 3.8) is 0 Å². The second kappa shape index (κ2) is 7.77. The number of urea groups is 1. The maximum atomic E-state index is 12.9. The van der Waals surface area contributed by atoms with Gasteiger partial charge in [0.05, 0.1) is 5.69 Å². The van der Waals surface area contributed by atoms with Crippen molar-refractivity contribution in [1.82, 2.24) is 14.2 Å². The summed E-state index contributed by atoms with van der Waals surface area (Å²) in [6.07, 6.45) is 2.02. The number of rotatable bonds is 4. The molecule has 3 rings (SSSR count). The van der Waals surface area contributed by atoms with Crippen molar-refractivity contribution in [3.8, 4) is 0 Å². The van der Waals surface area contributed by atoms with Gasteiger partial charge in [-0.15, -0.1) is 0 Å². The fraction of sp³-hybridized carbons (Fsp3) is 0.444. The van der Waals surface area contributed by atoms with Crippen LogP contribution in [-0.4, -0.2) is 46.4 Å². The van der Waals surface area contributed by atoms with E-state index in [0.717, 1.165) is 42.2 Å². The van der Waals surface area contributed by atoms with Crippen LogP contribution in [0, 0.1) is 6.92 Å². The van der Waals surface area contributed by atoms with E-state index in [1.807, 2.05) is 36.1 Å². The fourth-order valence-electron chi connectivity index (χ4n) is 3.05. The quantitative estimate of drug-likeness (QED) is 0.922. The first-order valence-corrected chi connectivity index (χ1v) is 9.12. The standard InChI is InChI=1S/C18H24N4OS/c1-14-12-17(24-20-14)19-18(23)22(13-15-6-4-3-5-7-15)16-8-10-21(2)11-9-16/h3-7,12,16H,8-11,13H2,1-2H3,(H,19,23). The summed E-state index contributed by atoms with van der Waals surface area (Å²) in [7, 11) is 2.14. The summed E-state index contributed by atoms with van der Waals surface area (Å²) < 4.78 is 4.24. The Morgan fingerprint density at radius 2 is 2.04 bits per heavy atom. The van der Waals surface area contributed by atoms with E-state index < -0.39 is 0 Å². The van der Waals surface area contributed by atoms with Gasteiger partial charge in [0, 0.05) is 12.6 Å². The Hall–Kier alpha value is -1.92. The zero-order valence-electron chi connectivity index (χ0n) is 14.2. The lowest BCUT2D eigenvalue weighted by Gasteiger charge is -2.37. The molecule has 1 aliphatic rings. The number of carbonyl (C=O) groups excluding carboxylic acids is 1. The molecule has 6 heteroatoms. The lowest BCUT2D eigenvalue weighted by molar-refractivity contribution is 0.135. The number of aromatic nitrogens is 1. The topological polar surface area (TPSA) is 48.5 Å². The molecule has 1 aromatic carbocycles. The van der Waals surface area contributed by atoms with Crippen LogP contribution in [0.1, 0.15) is 24.1 Å². The molecule has 0 radical (unpaired) electrons. The van der Waals surface area contributed by atoms with Gasteiger partial charge in [0.15, 0.2) is 0 Å². The number of anilines is 1. The molecule has 0 atom stereocenters. The lowest BCUT2D eigenvalue weighted by atomic mass is 10.0. The minimum absolute atomic E-state index is 0.0305. The molecule has 0 saturated carbocycles. The number of hydrogen-bond acceptors (Lipinski definition) is 4. The molecule has 0 aliphatic carbocycles. The van der Waals surface area contributed by atoms with E-state index in [-0.39, 0.29) is 12.1 Å². The summed E-state index contributed by atoms with van der Waals surface area (Å²) in [4.78, 5) is 17.2. The van der Waals surface area contributed by atoms with Crippen molar-refractivity contribution >= 4 is 22.6 Å². The Kier molecular flexibility index (Phi) is 5.48. The van der Waals surface area contributed by atoms with E-state index in [1.165, 1.54) is 11.5 Å². The molecule has 1 aliphatic heterocycles. The van der Waals surface area contributed by atoms with Gasteiger partial charge in [-0.3, -0.25) is 5.32 Å². The van der Waals surface area contributed by atoms with Crippen LogP contribution in [0.2, 0.25) is 0 Å². The van der Waals surface area contributed by atoms with Gasteiger partial charge in [-0.25, -0.2) is 4.79 Å². The van der Waals surface area contributed by atoms with E-state index in [0.29, 0.717) is 6.54 Å². The summed E-state index contributed by atoms with van der Waals surface area (Å²) in [6.45, 7) is 4.63. The van der Waals surface area contributed by atoms with Gasteiger partial charge in [-0.05, 0) is 63.1 Å². The first-order chi connectivity index (χ1) is 11.6. The number of amides is 2. The first kappa shape index (κ1) is 16.9. The molecule has 1 N–H and O–H groups in total. The van der Waals surface area contributed by atoms with Crippen LogP contribution in [0.3, 0.4) is 0 Å². The number of likely N-dealkylation sites (tertiary alicyclic amines) is 1. The Bertz CT molecular complexity index is 665. The SMILES string of the molecule is Cc1cc(NC(=O)N(Cc2ccccc2)C2CCN(C)CC2)sn1. The van der Waals surface area contributed by atoms with E-state index in [2.05, 4.69) is 33.8 Å². The van der Waals surface area contributed by atoms with E-state index >= 15 is 0 Å². The number of nitrogens with one attached hydrogen (secondary N) is 1. The average Bonchev–Trinajstić information content (AvgIpc) is 2.99. The molecule has 128 valence electrons. The third-order valence-electron chi connectivity index (χ3n) is 4.44. The highest BCUT2D eigenvalue weighted by atomic mass is 32.1. The summed E-state index contributed by atoms with van der Waals surface area (Å²) in [5, 5.41) is 3.83. The minimum atomic E-state index is -0.0305. The zero-order chi connectivity index (χ0) is 16.9. The second-order valence-electron chi connectivity index (χ2n) is 6.41.